The highest BCUT2D eigenvalue weighted by molar-refractivity contribution is 5.91. The molecule has 6 heteroatoms. The molecular weight excluding hydrogens is 238 g/mol. The lowest BCUT2D eigenvalue weighted by atomic mass is 9.88. The molecule has 0 aromatic rings. The average molecular weight is 257 g/mol. The van der Waals surface area contributed by atoms with E-state index in [-0.39, 0.29) is 5.91 Å². The molecular formula is C12H19NO5. The van der Waals surface area contributed by atoms with Crippen molar-refractivity contribution in [2.24, 2.45) is 0 Å². The maximum absolute atomic E-state index is 12.2. The van der Waals surface area contributed by atoms with Crippen LogP contribution in [0.2, 0.25) is 0 Å². The number of nitrogens with one attached hydrogen (secondary N) is 1. The van der Waals surface area contributed by atoms with Gasteiger partial charge in [-0.2, -0.15) is 0 Å². The lowest BCUT2D eigenvalue weighted by molar-refractivity contribution is -0.156. The number of ether oxygens (including phenoxy) is 2. The Bertz CT molecular complexity index is 342. The molecule has 102 valence electrons. The normalized spacial score (nSPS) is 30.9. The van der Waals surface area contributed by atoms with E-state index < -0.39 is 17.1 Å². The molecule has 0 aliphatic carbocycles. The van der Waals surface area contributed by atoms with Gasteiger partial charge in [-0.25, -0.2) is 4.79 Å². The highest BCUT2D eigenvalue weighted by atomic mass is 16.5. The van der Waals surface area contributed by atoms with Crippen molar-refractivity contribution in [3.63, 3.8) is 0 Å². The van der Waals surface area contributed by atoms with Crippen LogP contribution in [0, 0.1) is 0 Å². The Morgan fingerprint density at radius 3 is 2.33 bits per heavy atom. The molecule has 0 spiro atoms. The van der Waals surface area contributed by atoms with Crippen LogP contribution >= 0.6 is 0 Å². The van der Waals surface area contributed by atoms with Crippen molar-refractivity contribution in [2.75, 3.05) is 19.8 Å². The molecule has 0 saturated carbocycles. The van der Waals surface area contributed by atoms with Gasteiger partial charge in [0.2, 0.25) is 0 Å². The summed E-state index contributed by atoms with van der Waals surface area (Å²) in [4.78, 5) is 23.6. The van der Waals surface area contributed by atoms with E-state index in [0.717, 1.165) is 6.42 Å². The Balaban J connectivity index is 2.09. The van der Waals surface area contributed by atoms with Crippen LogP contribution in [-0.4, -0.2) is 47.9 Å². The third-order valence-corrected chi connectivity index (χ3v) is 3.81. The van der Waals surface area contributed by atoms with Gasteiger partial charge in [-0.15, -0.1) is 0 Å². The fourth-order valence-electron chi connectivity index (χ4n) is 2.42. The van der Waals surface area contributed by atoms with Crippen LogP contribution in [0.4, 0.5) is 0 Å². The molecule has 2 saturated heterocycles. The van der Waals surface area contributed by atoms with Gasteiger partial charge in [0, 0.05) is 32.7 Å². The molecule has 2 N–H and O–H groups in total. The number of rotatable bonds is 3. The molecule has 6 nitrogen and oxygen atoms in total. The van der Waals surface area contributed by atoms with Crippen molar-refractivity contribution in [1.82, 2.24) is 5.32 Å². The second-order valence-corrected chi connectivity index (χ2v) is 5.14. The number of carboxylic acids is 1. The molecule has 1 unspecified atom stereocenters. The smallest absolute Gasteiger partial charge is 0.329 e. The van der Waals surface area contributed by atoms with Crippen molar-refractivity contribution in [2.45, 2.75) is 43.7 Å². The van der Waals surface area contributed by atoms with Crippen LogP contribution in [0.25, 0.3) is 0 Å². The molecule has 0 aromatic heterocycles. The average Bonchev–Trinajstić information content (AvgIpc) is 2.78. The zero-order valence-corrected chi connectivity index (χ0v) is 10.5. The minimum atomic E-state index is -1.20. The molecule has 0 radical (unpaired) electrons. The standard InChI is InChI=1S/C12H19NO5/c1-11(3-2-6-18-11)9(14)13-12(10(15)16)4-7-17-8-5-12/h2-8H2,1H3,(H,13,14)(H,15,16). The Morgan fingerprint density at radius 2 is 1.83 bits per heavy atom. The summed E-state index contributed by atoms with van der Waals surface area (Å²) in [5.74, 6) is -1.33. The second kappa shape index (κ2) is 4.85. The van der Waals surface area contributed by atoms with Crippen LogP contribution in [-0.2, 0) is 19.1 Å². The first kappa shape index (κ1) is 13.3. The van der Waals surface area contributed by atoms with Gasteiger partial charge >= 0.3 is 5.97 Å². The number of carbonyl (C=O) groups is 2. The third kappa shape index (κ3) is 2.35. The van der Waals surface area contributed by atoms with Gasteiger partial charge in [0.1, 0.15) is 11.1 Å². The molecule has 2 heterocycles. The summed E-state index contributed by atoms with van der Waals surface area (Å²) < 4.78 is 10.6. The van der Waals surface area contributed by atoms with Crippen molar-refractivity contribution < 1.29 is 24.2 Å². The monoisotopic (exact) mass is 257 g/mol. The number of aliphatic carboxylic acids is 1. The van der Waals surface area contributed by atoms with Crippen LogP contribution in [0.1, 0.15) is 32.6 Å². The number of hydrogen-bond donors (Lipinski definition) is 2. The highest BCUT2D eigenvalue weighted by Gasteiger charge is 2.46. The highest BCUT2D eigenvalue weighted by Crippen LogP contribution is 2.28. The quantitative estimate of drug-likeness (QED) is 0.760. The van der Waals surface area contributed by atoms with E-state index in [0.29, 0.717) is 39.1 Å². The van der Waals surface area contributed by atoms with Gasteiger partial charge in [0.15, 0.2) is 0 Å². The van der Waals surface area contributed by atoms with Crippen LogP contribution in [0.3, 0.4) is 0 Å². The summed E-state index contributed by atoms with van der Waals surface area (Å²) in [6.07, 6.45) is 2.05. The summed E-state index contributed by atoms with van der Waals surface area (Å²) in [7, 11) is 0. The van der Waals surface area contributed by atoms with E-state index in [1.165, 1.54) is 0 Å². The van der Waals surface area contributed by atoms with E-state index in [1.54, 1.807) is 6.92 Å². The summed E-state index contributed by atoms with van der Waals surface area (Å²) >= 11 is 0. The number of amides is 1. The number of hydrogen-bond acceptors (Lipinski definition) is 4. The van der Waals surface area contributed by atoms with Crippen molar-refractivity contribution >= 4 is 11.9 Å². The molecule has 0 aromatic carbocycles. The topological polar surface area (TPSA) is 84.9 Å². The minimum Gasteiger partial charge on any atom is -0.480 e. The Hall–Kier alpha value is -1.14. The first-order valence-electron chi connectivity index (χ1n) is 6.26. The zero-order valence-electron chi connectivity index (χ0n) is 10.5. The summed E-state index contributed by atoms with van der Waals surface area (Å²) in [5, 5.41) is 12.0. The Kier molecular flexibility index (Phi) is 3.59. The van der Waals surface area contributed by atoms with Crippen LogP contribution in [0.5, 0.6) is 0 Å². The second-order valence-electron chi connectivity index (χ2n) is 5.14. The minimum absolute atomic E-state index is 0.296. The van der Waals surface area contributed by atoms with Gasteiger partial charge in [-0.1, -0.05) is 0 Å². The lowest BCUT2D eigenvalue weighted by Gasteiger charge is -2.36. The fraction of sp³-hybridized carbons (Fsp3) is 0.833. The van der Waals surface area contributed by atoms with E-state index in [1.807, 2.05) is 0 Å². The fourth-order valence-corrected chi connectivity index (χ4v) is 2.42. The largest absolute Gasteiger partial charge is 0.480 e. The number of carbonyl (C=O) groups excluding carboxylic acids is 1. The maximum Gasteiger partial charge on any atom is 0.329 e. The van der Waals surface area contributed by atoms with Crippen molar-refractivity contribution in [3.8, 4) is 0 Å². The maximum atomic E-state index is 12.2. The first-order chi connectivity index (χ1) is 8.49. The van der Waals surface area contributed by atoms with E-state index >= 15 is 0 Å². The van der Waals surface area contributed by atoms with Crippen molar-refractivity contribution in [1.29, 1.82) is 0 Å². The Labute approximate surface area is 106 Å². The van der Waals surface area contributed by atoms with Crippen LogP contribution < -0.4 is 5.32 Å². The van der Waals surface area contributed by atoms with Crippen molar-refractivity contribution in [3.05, 3.63) is 0 Å². The predicted octanol–water partition coefficient (Wildman–Crippen LogP) is 0.305. The molecule has 1 amide bonds. The van der Waals surface area contributed by atoms with E-state index in [4.69, 9.17) is 9.47 Å². The molecule has 2 aliphatic rings. The van der Waals surface area contributed by atoms with Gasteiger partial charge in [0.25, 0.3) is 5.91 Å². The van der Waals surface area contributed by atoms with Gasteiger partial charge in [-0.3, -0.25) is 4.79 Å². The molecule has 1 atom stereocenters. The molecule has 2 rings (SSSR count). The van der Waals surface area contributed by atoms with Gasteiger partial charge < -0.3 is 19.9 Å². The summed E-state index contributed by atoms with van der Waals surface area (Å²) in [6, 6.07) is 0. The SMILES string of the molecule is CC1(C(=O)NC2(C(=O)O)CCOCC2)CCCO1. The predicted molar refractivity (Wildman–Crippen MR) is 62.2 cm³/mol. The number of carboxylic acid groups (broad SMARTS) is 1. The molecule has 0 bridgehead atoms. The lowest BCUT2D eigenvalue weighted by Crippen LogP contribution is -2.61. The zero-order chi connectivity index (χ0) is 13.2. The Morgan fingerprint density at radius 1 is 1.17 bits per heavy atom. The third-order valence-electron chi connectivity index (χ3n) is 3.81. The summed E-state index contributed by atoms with van der Waals surface area (Å²) in [6.45, 7) is 2.96. The molecule has 18 heavy (non-hydrogen) atoms. The molecule has 2 aliphatic heterocycles. The molecule has 2 fully saturated rings. The summed E-state index contributed by atoms with van der Waals surface area (Å²) in [5.41, 5.74) is -2.09. The first-order valence-corrected chi connectivity index (χ1v) is 6.26. The van der Waals surface area contributed by atoms with E-state index in [2.05, 4.69) is 5.32 Å². The van der Waals surface area contributed by atoms with Gasteiger partial charge in [0.05, 0.1) is 0 Å². The van der Waals surface area contributed by atoms with E-state index in [9.17, 15) is 14.7 Å². The van der Waals surface area contributed by atoms with Crippen LogP contribution in [0.15, 0.2) is 0 Å². The van der Waals surface area contributed by atoms with Gasteiger partial charge in [-0.05, 0) is 19.8 Å².